The summed E-state index contributed by atoms with van der Waals surface area (Å²) >= 11 is 6.00. The van der Waals surface area contributed by atoms with E-state index in [1.165, 1.54) is 16.1 Å². The van der Waals surface area contributed by atoms with Gasteiger partial charge < -0.3 is 4.90 Å². The molecule has 2 aliphatic rings. The maximum absolute atomic E-state index is 13.0. The number of rotatable bonds is 3. The Hall–Kier alpha value is -1.11. The first-order valence-electron chi connectivity index (χ1n) is 9.34. The molecule has 2 fully saturated rings. The number of hydrogen-bond donors (Lipinski definition) is 0. The van der Waals surface area contributed by atoms with Gasteiger partial charge in [0.15, 0.2) is 0 Å². The number of hydrogen-bond acceptors (Lipinski definition) is 3. The first-order chi connectivity index (χ1) is 12.3. The fraction of sp³-hybridized carbons (Fsp3) is 0.632. The van der Waals surface area contributed by atoms with Gasteiger partial charge in [-0.3, -0.25) is 4.79 Å². The first kappa shape index (κ1) is 19.6. The van der Waals surface area contributed by atoms with Crippen LogP contribution in [0.5, 0.6) is 0 Å². The zero-order valence-corrected chi connectivity index (χ0v) is 16.8. The predicted octanol–water partition coefficient (Wildman–Crippen LogP) is 3.11. The van der Waals surface area contributed by atoms with Gasteiger partial charge in [0.1, 0.15) is 0 Å². The van der Waals surface area contributed by atoms with Gasteiger partial charge in [-0.15, -0.1) is 0 Å². The summed E-state index contributed by atoms with van der Waals surface area (Å²) in [6.45, 7) is 2.44. The Morgan fingerprint density at radius 1 is 1.04 bits per heavy atom. The quantitative estimate of drug-likeness (QED) is 0.786. The molecule has 0 bridgehead atoms. The third-order valence-corrected chi connectivity index (χ3v) is 7.15. The van der Waals surface area contributed by atoms with Crippen molar-refractivity contribution in [2.45, 2.75) is 38.0 Å². The van der Waals surface area contributed by atoms with Crippen molar-refractivity contribution >= 4 is 27.5 Å². The van der Waals surface area contributed by atoms with Crippen LogP contribution in [0.15, 0.2) is 24.3 Å². The Labute approximate surface area is 161 Å². The number of halogens is 1. The van der Waals surface area contributed by atoms with Crippen molar-refractivity contribution in [3.63, 3.8) is 0 Å². The van der Waals surface area contributed by atoms with Gasteiger partial charge in [0.05, 0.1) is 6.26 Å². The average Bonchev–Trinajstić information content (AvgIpc) is 2.87. The Balaban J connectivity index is 1.64. The Bertz CT molecular complexity index is 728. The van der Waals surface area contributed by atoms with Crippen LogP contribution in [0.25, 0.3) is 0 Å². The summed E-state index contributed by atoms with van der Waals surface area (Å²) < 4.78 is 24.8. The molecule has 0 aromatic heterocycles. The van der Waals surface area contributed by atoms with Gasteiger partial charge >= 0.3 is 0 Å². The summed E-state index contributed by atoms with van der Waals surface area (Å²) in [5, 5.41) is 0.730. The molecular weight excluding hydrogens is 372 g/mol. The topological polar surface area (TPSA) is 57.7 Å². The molecule has 26 heavy (non-hydrogen) atoms. The third kappa shape index (κ3) is 4.78. The number of likely N-dealkylation sites (tertiary alicyclic amines) is 1. The largest absolute Gasteiger partial charge is 0.342 e. The van der Waals surface area contributed by atoms with Crippen molar-refractivity contribution < 1.29 is 13.2 Å². The van der Waals surface area contributed by atoms with E-state index < -0.39 is 10.0 Å². The summed E-state index contributed by atoms with van der Waals surface area (Å²) in [6, 6.07) is 7.95. The molecule has 2 heterocycles. The molecule has 0 unspecified atom stereocenters. The molecule has 7 heteroatoms. The first-order valence-corrected chi connectivity index (χ1v) is 11.6. The van der Waals surface area contributed by atoms with Crippen molar-refractivity contribution in [2.24, 2.45) is 5.92 Å². The molecule has 2 aliphatic heterocycles. The van der Waals surface area contributed by atoms with Crippen molar-refractivity contribution in [1.82, 2.24) is 9.21 Å². The predicted molar refractivity (Wildman–Crippen MR) is 104 cm³/mol. The van der Waals surface area contributed by atoms with Crippen molar-refractivity contribution in [3.05, 3.63) is 34.9 Å². The van der Waals surface area contributed by atoms with Gasteiger partial charge in [-0.1, -0.05) is 30.2 Å². The SMILES string of the molecule is CS(=O)(=O)N1CCC(C(=O)N2CCCC[C@H](c3ccc(Cl)cc3)C2)CC1. The van der Waals surface area contributed by atoms with Gasteiger partial charge in [0.2, 0.25) is 15.9 Å². The lowest BCUT2D eigenvalue weighted by molar-refractivity contribution is -0.136. The van der Waals surface area contributed by atoms with Crippen LogP contribution in [0.3, 0.4) is 0 Å². The monoisotopic (exact) mass is 398 g/mol. The number of nitrogens with zero attached hydrogens (tertiary/aromatic N) is 2. The molecular formula is C19H27ClN2O3S. The van der Waals surface area contributed by atoms with Crippen LogP contribution in [-0.2, 0) is 14.8 Å². The zero-order chi connectivity index (χ0) is 18.7. The lowest BCUT2D eigenvalue weighted by Crippen LogP contribution is -2.45. The normalized spacial score (nSPS) is 23.6. The maximum atomic E-state index is 13.0. The second-order valence-corrected chi connectivity index (χ2v) is 9.88. The average molecular weight is 399 g/mol. The standard InChI is InChI=1S/C19H27ClN2O3S/c1-26(24,25)22-12-9-16(10-13-22)19(23)21-11-3-2-4-17(14-21)15-5-7-18(20)8-6-15/h5-8,16-17H,2-4,9-14H2,1H3/t17-/m0/s1. The van der Waals surface area contributed by atoms with Crippen LogP contribution in [0.2, 0.25) is 5.02 Å². The van der Waals surface area contributed by atoms with E-state index in [-0.39, 0.29) is 11.8 Å². The summed E-state index contributed by atoms with van der Waals surface area (Å²) in [7, 11) is -3.16. The van der Waals surface area contributed by atoms with Gasteiger partial charge in [0, 0.05) is 43.0 Å². The fourth-order valence-electron chi connectivity index (χ4n) is 4.04. The lowest BCUT2D eigenvalue weighted by atomic mass is 9.93. The molecule has 0 aliphatic carbocycles. The molecule has 0 spiro atoms. The lowest BCUT2D eigenvalue weighted by Gasteiger charge is -2.33. The van der Waals surface area contributed by atoms with Crippen LogP contribution in [0.1, 0.15) is 43.6 Å². The highest BCUT2D eigenvalue weighted by molar-refractivity contribution is 7.88. The molecule has 0 saturated carbocycles. The van der Waals surface area contributed by atoms with Gasteiger partial charge in [0.25, 0.3) is 0 Å². The van der Waals surface area contributed by atoms with E-state index in [0.29, 0.717) is 31.8 Å². The van der Waals surface area contributed by atoms with E-state index in [2.05, 4.69) is 12.1 Å². The number of sulfonamides is 1. The number of piperidine rings is 1. The molecule has 1 atom stereocenters. The van der Waals surface area contributed by atoms with Crippen molar-refractivity contribution in [1.29, 1.82) is 0 Å². The van der Waals surface area contributed by atoms with Crippen LogP contribution in [0.4, 0.5) is 0 Å². The number of benzene rings is 1. The molecule has 1 amide bonds. The second kappa shape index (κ2) is 8.28. The highest BCUT2D eigenvalue weighted by Gasteiger charge is 2.33. The van der Waals surface area contributed by atoms with Crippen LogP contribution in [0, 0.1) is 5.92 Å². The van der Waals surface area contributed by atoms with E-state index in [1.807, 2.05) is 17.0 Å². The fourth-order valence-corrected chi connectivity index (χ4v) is 5.04. The van der Waals surface area contributed by atoms with Crippen LogP contribution >= 0.6 is 11.6 Å². The highest BCUT2D eigenvalue weighted by Crippen LogP contribution is 2.29. The second-order valence-electron chi connectivity index (χ2n) is 7.46. The number of amides is 1. The summed E-state index contributed by atoms with van der Waals surface area (Å²) in [5.41, 5.74) is 1.24. The van der Waals surface area contributed by atoms with E-state index in [9.17, 15) is 13.2 Å². The summed E-state index contributed by atoms with van der Waals surface area (Å²) in [6.07, 6.45) is 5.70. The molecule has 5 nitrogen and oxygen atoms in total. The Morgan fingerprint density at radius 2 is 1.69 bits per heavy atom. The minimum Gasteiger partial charge on any atom is -0.342 e. The van der Waals surface area contributed by atoms with E-state index in [0.717, 1.165) is 37.4 Å². The highest BCUT2D eigenvalue weighted by atomic mass is 35.5. The van der Waals surface area contributed by atoms with Gasteiger partial charge in [-0.05, 0) is 43.4 Å². The van der Waals surface area contributed by atoms with E-state index in [4.69, 9.17) is 11.6 Å². The molecule has 0 N–H and O–H groups in total. The summed E-state index contributed by atoms with van der Waals surface area (Å²) in [4.78, 5) is 15.0. The Kier molecular flexibility index (Phi) is 6.25. The zero-order valence-electron chi connectivity index (χ0n) is 15.2. The van der Waals surface area contributed by atoms with Crippen molar-refractivity contribution in [2.75, 3.05) is 32.4 Å². The van der Waals surface area contributed by atoms with Crippen LogP contribution < -0.4 is 0 Å². The van der Waals surface area contributed by atoms with Gasteiger partial charge in [-0.25, -0.2) is 12.7 Å². The smallest absolute Gasteiger partial charge is 0.225 e. The number of carbonyl (C=O) groups is 1. The summed E-state index contributed by atoms with van der Waals surface area (Å²) in [5.74, 6) is 0.478. The molecule has 0 radical (unpaired) electrons. The maximum Gasteiger partial charge on any atom is 0.225 e. The molecule has 3 rings (SSSR count). The molecule has 2 saturated heterocycles. The minimum atomic E-state index is -3.16. The number of carbonyl (C=O) groups excluding carboxylic acids is 1. The molecule has 144 valence electrons. The molecule has 1 aromatic carbocycles. The minimum absolute atomic E-state index is 0.0584. The van der Waals surface area contributed by atoms with Crippen LogP contribution in [-0.4, -0.2) is 56.0 Å². The molecule has 1 aromatic rings. The van der Waals surface area contributed by atoms with Gasteiger partial charge in [-0.2, -0.15) is 0 Å². The van der Waals surface area contributed by atoms with E-state index in [1.54, 1.807) is 0 Å². The third-order valence-electron chi connectivity index (χ3n) is 5.60. The van der Waals surface area contributed by atoms with E-state index >= 15 is 0 Å². The van der Waals surface area contributed by atoms with Crippen molar-refractivity contribution in [3.8, 4) is 0 Å². The Morgan fingerprint density at radius 3 is 2.31 bits per heavy atom.